The monoisotopic (exact) mass is 440 g/mol. The molecule has 1 fully saturated rings. The maximum Gasteiger partial charge on any atom is 0.165 e. The van der Waals surface area contributed by atoms with Crippen molar-refractivity contribution in [1.82, 2.24) is 9.88 Å². The van der Waals surface area contributed by atoms with Crippen molar-refractivity contribution in [3.8, 4) is 11.5 Å². The fourth-order valence-corrected chi connectivity index (χ4v) is 7.40. The number of aliphatic hydroxyl groups is 1. The Kier molecular flexibility index (Phi) is 3.90. The van der Waals surface area contributed by atoms with E-state index in [9.17, 15) is 10.2 Å². The zero-order valence-electron chi connectivity index (χ0n) is 18.9. The molecule has 2 aromatic carbocycles. The van der Waals surface area contributed by atoms with Crippen LogP contribution in [-0.2, 0) is 11.8 Å². The Hall–Kier alpha value is -2.89. The third-order valence-electron chi connectivity index (χ3n) is 8.93. The molecule has 33 heavy (non-hydrogen) atoms. The summed E-state index contributed by atoms with van der Waals surface area (Å²) in [6.45, 7) is 3.20. The largest absolute Gasteiger partial charge is 0.504 e. The van der Waals surface area contributed by atoms with E-state index in [4.69, 9.17) is 4.74 Å². The number of rotatable bonds is 2. The molecule has 1 aromatic heterocycles. The minimum atomic E-state index is -0.659. The van der Waals surface area contributed by atoms with Crippen LogP contribution in [0, 0.1) is 5.92 Å². The third-order valence-corrected chi connectivity index (χ3v) is 8.93. The lowest BCUT2D eigenvalue weighted by atomic mass is 9.52. The van der Waals surface area contributed by atoms with Gasteiger partial charge in [0.2, 0.25) is 0 Å². The molecule has 3 heterocycles. The molecule has 5 heteroatoms. The van der Waals surface area contributed by atoms with E-state index in [1.165, 1.54) is 11.1 Å². The van der Waals surface area contributed by atoms with Gasteiger partial charge >= 0.3 is 0 Å². The van der Waals surface area contributed by atoms with Crippen molar-refractivity contribution in [3.63, 3.8) is 0 Å². The van der Waals surface area contributed by atoms with E-state index in [1.807, 2.05) is 30.5 Å². The number of hydrogen-bond donors (Lipinski definition) is 2. The summed E-state index contributed by atoms with van der Waals surface area (Å²) < 4.78 is 6.39. The normalized spacial score (nSPS) is 32.5. The Bertz CT molecular complexity index is 1330. The molecule has 5 nitrogen and oxygen atoms in total. The predicted molar refractivity (Wildman–Crippen MR) is 127 cm³/mol. The summed E-state index contributed by atoms with van der Waals surface area (Å²) in [6, 6.07) is 12.6. The molecule has 2 aliphatic heterocycles. The van der Waals surface area contributed by atoms with Gasteiger partial charge in [0.15, 0.2) is 11.5 Å². The topological polar surface area (TPSA) is 65.8 Å². The van der Waals surface area contributed by atoms with Gasteiger partial charge in [-0.05, 0) is 61.3 Å². The molecular weight excluding hydrogens is 412 g/mol. The number of hydrogen-bond acceptors (Lipinski definition) is 5. The summed E-state index contributed by atoms with van der Waals surface area (Å²) in [5.41, 5.74) is 5.55. The molecule has 2 aliphatic carbocycles. The molecule has 6 atom stereocenters. The third kappa shape index (κ3) is 2.37. The highest BCUT2D eigenvalue weighted by atomic mass is 16.5. The number of aromatic nitrogens is 1. The Balaban J connectivity index is 1.48. The van der Waals surface area contributed by atoms with Gasteiger partial charge in [-0.25, -0.2) is 0 Å². The van der Waals surface area contributed by atoms with Gasteiger partial charge < -0.3 is 19.8 Å². The van der Waals surface area contributed by atoms with Gasteiger partial charge in [-0.2, -0.15) is 0 Å². The second-order valence-electron chi connectivity index (χ2n) is 10.3. The summed E-state index contributed by atoms with van der Waals surface area (Å²) in [7, 11) is 2.22. The fourth-order valence-electron chi connectivity index (χ4n) is 7.40. The van der Waals surface area contributed by atoms with Crippen molar-refractivity contribution in [2.75, 3.05) is 13.6 Å². The van der Waals surface area contributed by atoms with Crippen molar-refractivity contribution in [2.45, 2.75) is 49.3 Å². The number of nitrogens with zero attached hydrogens (tertiary/aromatic N) is 2. The van der Waals surface area contributed by atoms with Crippen LogP contribution in [0.1, 0.15) is 41.5 Å². The molecule has 1 spiro atoms. The molecular formula is C28H28N2O3. The second kappa shape index (κ2) is 6.58. The van der Waals surface area contributed by atoms with Crippen LogP contribution in [0.5, 0.6) is 11.5 Å². The van der Waals surface area contributed by atoms with Crippen LogP contribution in [0.3, 0.4) is 0 Å². The van der Waals surface area contributed by atoms with Crippen molar-refractivity contribution >= 4 is 10.9 Å². The minimum Gasteiger partial charge on any atom is -0.504 e. The summed E-state index contributed by atoms with van der Waals surface area (Å²) in [5.74, 6) is 1.17. The minimum absolute atomic E-state index is 0.0891. The van der Waals surface area contributed by atoms with Gasteiger partial charge in [-0.15, -0.1) is 0 Å². The van der Waals surface area contributed by atoms with E-state index in [0.717, 1.165) is 41.4 Å². The Morgan fingerprint density at radius 2 is 2.03 bits per heavy atom. The smallest absolute Gasteiger partial charge is 0.165 e. The van der Waals surface area contributed by atoms with Gasteiger partial charge in [0.05, 0.1) is 5.52 Å². The lowest BCUT2D eigenvalue weighted by Crippen LogP contribution is -2.64. The summed E-state index contributed by atoms with van der Waals surface area (Å²) >= 11 is 0. The number of benzene rings is 2. The number of pyridine rings is 1. The molecule has 1 unspecified atom stereocenters. The molecule has 1 saturated heterocycles. The number of para-hydroxylation sites is 1. The molecule has 0 saturated carbocycles. The molecule has 0 amide bonds. The molecule has 4 aliphatic rings. The van der Waals surface area contributed by atoms with Crippen molar-refractivity contribution in [2.24, 2.45) is 5.92 Å². The summed E-state index contributed by atoms with van der Waals surface area (Å²) in [4.78, 5) is 7.02. The highest BCUT2D eigenvalue weighted by molar-refractivity contribution is 5.83. The number of likely N-dealkylation sites (N-methyl/N-ethyl adjacent to an activating group) is 1. The first kappa shape index (κ1) is 19.6. The lowest BCUT2D eigenvalue weighted by molar-refractivity contribution is -0.0454. The first-order valence-corrected chi connectivity index (χ1v) is 12.0. The molecule has 2 bridgehead atoms. The van der Waals surface area contributed by atoms with Crippen LogP contribution in [0.2, 0.25) is 0 Å². The van der Waals surface area contributed by atoms with Gasteiger partial charge in [-0.3, -0.25) is 4.98 Å². The maximum absolute atomic E-state index is 11.2. The van der Waals surface area contributed by atoms with Crippen molar-refractivity contribution < 1.29 is 14.9 Å². The summed E-state index contributed by atoms with van der Waals surface area (Å²) in [5, 5.41) is 23.2. The number of phenolic OH excluding ortho intramolecular Hbond substituents is 1. The number of aliphatic hydroxyl groups excluding tert-OH is 1. The number of likely N-dealkylation sites (tertiary alicyclic amines) is 1. The molecule has 3 aromatic rings. The van der Waals surface area contributed by atoms with Crippen molar-refractivity contribution in [3.05, 3.63) is 77.0 Å². The van der Waals surface area contributed by atoms with E-state index >= 15 is 0 Å². The highest BCUT2D eigenvalue weighted by Crippen LogP contribution is 2.63. The lowest BCUT2D eigenvalue weighted by Gasteiger charge is -2.56. The molecule has 2 N–H and O–H groups in total. The van der Waals surface area contributed by atoms with Crippen LogP contribution in [0.15, 0.2) is 54.7 Å². The molecule has 7 rings (SSSR count). The van der Waals surface area contributed by atoms with E-state index in [-0.39, 0.29) is 29.1 Å². The highest BCUT2D eigenvalue weighted by Gasteiger charge is 2.64. The number of aromatic hydroxyl groups is 1. The number of ether oxygens (including phenoxy) is 1. The molecule has 0 radical (unpaired) electrons. The van der Waals surface area contributed by atoms with E-state index in [0.29, 0.717) is 11.8 Å². The second-order valence-corrected chi connectivity index (χ2v) is 10.3. The Labute approximate surface area is 193 Å². The van der Waals surface area contributed by atoms with E-state index < -0.39 is 6.10 Å². The van der Waals surface area contributed by atoms with Crippen LogP contribution >= 0.6 is 0 Å². The average Bonchev–Trinajstić information content (AvgIpc) is 3.19. The van der Waals surface area contributed by atoms with Gasteiger partial charge in [0, 0.05) is 40.4 Å². The van der Waals surface area contributed by atoms with E-state index in [1.54, 1.807) is 0 Å². The van der Waals surface area contributed by atoms with Gasteiger partial charge in [-0.1, -0.05) is 37.3 Å². The molecule has 168 valence electrons. The quantitative estimate of drug-likeness (QED) is 0.592. The van der Waals surface area contributed by atoms with E-state index in [2.05, 4.69) is 48.1 Å². The Morgan fingerprint density at radius 3 is 2.91 bits per heavy atom. The van der Waals surface area contributed by atoms with Crippen LogP contribution < -0.4 is 4.74 Å². The van der Waals surface area contributed by atoms with Crippen molar-refractivity contribution in [1.29, 1.82) is 0 Å². The predicted octanol–water partition coefficient (Wildman–Crippen LogP) is 3.90. The first-order valence-electron chi connectivity index (χ1n) is 12.0. The van der Waals surface area contributed by atoms with Crippen LogP contribution in [-0.4, -0.2) is 51.9 Å². The zero-order valence-corrected chi connectivity index (χ0v) is 18.9. The first-order chi connectivity index (χ1) is 16.0. The van der Waals surface area contributed by atoms with Gasteiger partial charge in [0.25, 0.3) is 0 Å². The van der Waals surface area contributed by atoms with Crippen LogP contribution in [0.25, 0.3) is 10.9 Å². The maximum atomic E-state index is 11.2. The number of phenols is 1. The standard InChI is InChI=1S/C28H28N2O3/c1-15(16-9-11-29-21-6-4-3-5-17(16)21)18-14-24(32)26-25-19(18)13-22-20-7-8-23(31)27(33-26)28(20,25)10-12-30(22)2/h3-9,11,14-15,20,22-23,27,31-32H,10,12-13H2,1-2H3/t15?,20-,22+,23-,27-,28-/m0/s1. The zero-order chi connectivity index (χ0) is 22.5. The summed E-state index contributed by atoms with van der Waals surface area (Å²) in [6.07, 6.45) is 6.85. The SMILES string of the molecule is CC(c1cc(O)c2c3c1C[C@@H]1[C@@H]4C=C[C@H](O)[C@H](O2)[C@]34CCN1C)c1ccnc2ccccc12. The number of fused-ring (bicyclic) bond motifs is 1. The van der Waals surface area contributed by atoms with Crippen LogP contribution in [0.4, 0.5) is 0 Å². The number of piperidine rings is 1. The Morgan fingerprint density at radius 1 is 1.18 bits per heavy atom. The average molecular weight is 441 g/mol. The van der Waals surface area contributed by atoms with Gasteiger partial charge in [0.1, 0.15) is 12.2 Å². The fraction of sp³-hybridized carbons (Fsp3) is 0.393.